The highest BCUT2D eigenvalue weighted by molar-refractivity contribution is 5.85. The Kier molecular flexibility index (Phi) is 4.04. The molecule has 0 spiro atoms. The first-order chi connectivity index (χ1) is 8.58. The lowest BCUT2D eigenvalue weighted by molar-refractivity contribution is -0.147. The van der Waals surface area contributed by atoms with Crippen LogP contribution in [0, 0.1) is 17.8 Å². The van der Waals surface area contributed by atoms with E-state index in [4.69, 9.17) is 5.11 Å². The van der Waals surface area contributed by atoms with Gasteiger partial charge in [0.05, 0.1) is 11.8 Å². The summed E-state index contributed by atoms with van der Waals surface area (Å²) in [6, 6.07) is 0.158. The number of carboxylic acid groups (broad SMARTS) is 1. The number of amides is 1. The molecule has 2 aliphatic carbocycles. The van der Waals surface area contributed by atoms with E-state index >= 15 is 0 Å². The molecule has 2 rings (SSSR count). The summed E-state index contributed by atoms with van der Waals surface area (Å²) in [5, 5.41) is 12.1. The van der Waals surface area contributed by atoms with Gasteiger partial charge in [-0.3, -0.25) is 9.59 Å². The molecule has 2 aliphatic rings. The maximum Gasteiger partial charge on any atom is 0.307 e. The summed E-state index contributed by atoms with van der Waals surface area (Å²) >= 11 is 0. The Morgan fingerprint density at radius 3 is 2.44 bits per heavy atom. The van der Waals surface area contributed by atoms with E-state index in [1.807, 2.05) is 19.1 Å². The lowest BCUT2D eigenvalue weighted by Crippen LogP contribution is -2.42. The second-order valence-electron chi connectivity index (χ2n) is 5.58. The minimum absolute atomic E-state index is 0.0973. The van der Waals surface area contributed by atoms with E-state index in [1.165, 1.54) is 12.8 Å². The number of carbonyl (C=O) groups is 2. The normalized spacial score (nSPS) is 28.7. The van der Waals surface area contributed by atoms with E-state index in [9.17, 15) is 9.59 Å². The van der Waals surface area contributed by atoms with Crippen molar-refractivity contribution in [1.29, 1.82) is 0 Å². The van der Waals surface area contributed by atoms with Gasteiger partial charge in [-0.25, -0.2) is 0 Å². The van der Waals surface area contributed by atoms with Gasteiger partial charge in [-0.15, -0.1) is 0 Å². The molecular formula is C14H21NO3. The summed E-state index contributed by atoms with van der Waals surface area (Å²) in [6.07, 6.45) is 8.33. The molecule has 0 bridgehead atoms. The third-order valence-corrected chi connectivity index (χ3v) is 3.86. The Labute approximate surface area is 107 Å². The van der Waals surface area contributed by atoms with Gasteiger partial charge in [0.2, 0.25) is 5.91 Å². The second-order valence-corrected chi connectivity index (χ2v) is 5.58. The number of allylic oxidation sites excluding steroid dienone is 2. The van der Waals surface area contributed by atoms with Crippen LogP contribution in [-0.2, 0) is 9.59 Å². The molecule has 1 amide bonds. The largest absolute Gasteiger partial charge is 0.481 e. The van der Waals surface area contributed by atoms with Gasteiger partial charge < -0.3 is 10.4 Å². The molecule has 0 aromatic rings. The summed E-state index contributed by atoms with van der Waals surface area (Å²) in [5.74, 6) is -1.17. The number of hydrogen-bond donors (Lipinski definition) is 2. The predicted octanol–water partition coefficient (Wildman–Crippen LogP) is 1.96. The Bertz CT molecular complexity index is 360. The fourth-order valence-corrected chi connectivity index (χ4v) is 2.64. The van der Waals surface area contributed by atoms with E-state index < -0.39 is 17.8 Å². The molecule has 1 unspecified atom stereocenters. The van der Waals surface area contributed by atoms with Gasteiger partial charge >= 0.3 is 5.97 Å². The molecule has 4 heteroatoms. The van der Waals surface area contributed by atoms with E-state index in [0.717, 1.165) is 12.3 Å². The number of carbonyl (C=O) groups excluding carboxylic acids is 1. The summed E-state index contributed by atoms with van der Waals surface area (Å²) in [6.45, 7) is 2.00. The minimum Gasteiger partial charge on any atom is -0.481 e. The smallest absolute Gasteiger partial charge is 0.307 e. The van der Waals surface area contributed by atoms with Crippen molar-refractivity contribution in [3.05, 3.63) is 12.2 Å². The van der Waals surface area contributed by atoms with E-state index in [1.54, 1.807) is 0 Å². The molecule has 0 aromatic heterocycles. The van der Waals surface area contributed by atoms with Crippen LogP contribution >= 0.6 is 0 Å². The molecule has 100 valence electrons. The van der Waals surface area contributed by atoms with Crippen LogP contribution < -0.4 is 5.32 Å². The number of rotatable bonds is 5. The van der Waals surface area contributed by atoms with Crippen molar-refractivity contribution in [3.8, 4) is 0 Å². The third-order valence-electron chi connectivity index (χ3n) is 3.86. The molecule has 0 aromatic carbocycles. The van der Waals surface area contributed by atoms with Crippen LogP contribution in [0.25, 0.3) is 0 Å². The van der Waals surface area contributed by atoms with Crippen molar-refractivity contribution in [2.75, 3.05) is 0 Å². The molecule has 0 saturated heterocycles. The lowest BCUT2D eigenvalue weighted by Gasteiger charge is -2.26. The first-order valence-electron chi connectivity index (χ1n) is 6.76. The Morgan fingerprint density at radius 1 is 1.28 bits per heavy atom. The highest BCUT2D eigenvalue weighted by atomic mass is 16.4. The van der Waals surface area contributed by atoms with Gasteiger partial charge in [0.15, 0.2) is 0 Å². The zero-order valence-corrected chi connectivity index (χ0v) is 10.8. The summed E-state index contributed by atoms with van der Waals surface area (Å²) in [4.78, 5) is 23.2. The monoisotopic (exact) mass is 251 g/mol. The van der Waals surface area contributed by atoms with Crippen molar-refractivity contribution in [1.82, 2.24) is 5.32 Å². The first kappa shape index (κ1) is 13.1. The third kappa shape index (κ3) is 3.34. The van der Waals surface area contributed by atoms with Crippen molar-refractivity contribution in [2.24, 2.45) is 17.8 Å². The van der Waals surface area contributed by atoms with Gasteiger partial charge in [0, 0.05) is 6.04 Å². The molecule has 18 heavy (non-hydrogen) atoms. The Morgan fingerprint density at radius 2 is 1.89 bits per heavy atom. The van der Waals surface area contributed by atoms with Crippen LogP contribution in [0.4, 0.5) is 0 Å². The predicted molar refractivity (Wildman–Crippen MR) is 67.9 cm³/mol. The zero-order valence-electron chi connectivity index (χ0n) is 10.8. The van der Waals surface area contributed by atoms with Crippen LogP contribution in [-0.4, -0.2) is 23.0 Å². The van der Waals surface area contributed by atoms with Crippen LogP contribution in [0.3, 0.4) is 0 Å². The standard InChI is InChI=1S/C14H21NO3/c1-9(8-10-6-7-10)15-13(16)11-4-2-3-5-12(11)14(17)18/h2-3,9-12H,4-8H2,1H3,(H,15,16)(H,17,18)/t9?,11-,12+/m1/s1. The molecule has 2 N–H and O–H groups in total. The molecule has 0 heterocycles. The average Bonchev–Trinajstić information content (AvgIpc) is 3.12. The van der Waals surface area contributed by atoms with E-state index in [-0.39, 0.29) is 11.9 Å². The van der Waals surface area contributed by atoms with Gasteiger partial charge in [0.25, 0.3) is 0 Å². The molecule has 0 radical (unpaired) electrons. The Balaban J connectivity index is 1.89. The molecule has 4 nitrogen and oxygen atoms in total. The van der Waals surface area contributed by atoms with E-state index in [0.29, 0.717) is 12.8 Å². The second kappa shape index (κ2) is 5.55. The number of nitrogens with one attached hydrogen (secondary N) is 1. The Hall–Kier alpha value is -1.32. The fraction of sp³-hybridized carbons (Fsp3) is 0.714. The number of carboxylic acids is 1. The zero-order chi connectivity index (χ0) is 13.1. The van der Waals surface area contributed by atoms with Gasteiger partial charge in [0.1, 0.15) is 0 Å². The molecular weight excluding hydrogens is 230 g/mol. The maximum absolute atomic E-state index is 12.1. The number of hydrogen-bond acceptors (Lipinski definition) is 2. The van der Waals surface area contributed by atoms with Gasteiger partial charge in [-0.05, 0) is 32.1 Å². The lowest BCUT2D eigenvalue weighted by atomic mass is 9.82. The molecule has 1 saturated carbocycles. The minimum atomic E-state index is -0.866. The van der Waals surface area contributed by atoms with Crippen LogP contribution in [0.1, 0.15) is 39.0 Å². The van der Waals surface area contributed by atoms with Crippen LogP contribution in [0.5, 0.6) is 0 Å². The van der Waals surface area contributed by atoms with Crippen molar-refractivity contribution in [2.45, 2.75) is 45.1 Å². The van der Waals surface area contributed by atoms with E-state index in [2.05, 4.69) is 5.32 Å². The van der Waals surface area contributed by atoms with Crippen LogP contribution in [0.15, 0.2) is 12.2 Å². The maximum atomic E-state index is 12.1. The molecule has 3 atom stereocenters. The molecule has 0 aliphatic heterocycles. The van der Waals surface area contributed by atoms with Gasteiger partial charge in [-0.1, -0.05) is 25.0 Å². The fourth-order valence-electron chi connectivity index (χ4n) is 2.64. The topological polar surface area (TPSA) is 66.4 Å². The molecule has 1 fully saturated rings. The first-order valence-corrected chi connectivity index (χ1v) is 6.76. The summed E-state index contributed by atoms with van der Waals surface area (Å²) in [7, 11) is 0. The summed E-state index contributed by atoms with van der Waals surface area (Å²) < 4.78 is 0. The SMILES string of the molecule is CC(CC1CC1)NC(=O)[C@@H]1CC=CC[C@@H]1C(=O)O. The van der Waals surface area contributed by atoms with Crippen molar-refractivity contribution >= 4 is 11.9 Å². The van der Waals surface area contributed by atoms with Gasteiger partial charge in [-0.2, -0.15) is 0 Å². The summed E-state index contributed by atoms with van der Waals surface area (Å²) in [5.41, 5.74) is 0. The van der Waals surface area contributed by atoms with Crippen molar-refractivity contribution < 1.29 is 14.7 Å². The van der Waals surface area contributed by atoms with Crippen LogP contribution in [0.2, 0.25) is 0 Å². The quantitative estimate of drug-likeness (QED) is 0.734. The van der Waals surface area contributed by atoms with Crippen molar-refractivity contribution in [3.63, 3.8) is 0 Å². The number of aliphatic carboxylic acids is 1. The average molecular weight is 251 g/mol. The highest BCUT2D eigenvalue weighted by Gasteiger charge is 2.34. The highest BCUT2D eigenvalue weighted by Crippen LogP contribution is 2.33.